The van der Waals surface area contributed by atoms with Gasteiger partial charge in [-0.05, 0) is 43.7 Å². The molecule has 0 aliphatic rings. The van der Waals surface area contributed by atoms with Crippen molar-refractivity contribution in [2.45, 2.75) is 20.5 Å². The van der Waals surface area contributed by atoms with Gasteiger partial charge in [0.2, 0.25) is 5.76 Å². The summed E-state index contributed by atoms with van der Waals surface area (Å²) in [7, 11) is 0. The summed E-state index contributed by atoms with van der Waals surface area (Å²) in [5.74, 6) is -1.03. The summed E-state index contributed by atoms with van der Waals surface area (Å²) in [6.45, 7) is 3.43. The Labute approximate surface area is 169 Å². The Balaban J connectivity index is 1.66. The van der Waals surface area contributed by atoms with Crippen molar-refractivity contribution in [3.05, 3.63) is 90.6 Å². The van der Waals surface area contributed by atoms with Gasteiger partial charge in [-0.15, -0.1) is 0 Å². The topological polar surface area (TPSA) is 86.7 Å². The first-order chi connectivity index (χ1) is 13.8. The van der Waals surface area contributed by atoms with Crippen molar-refractivity contribution < 1.29 is 18.4 Å². The third kappa shape index (κ3) is 3.67. The molecule has 146 valence electrons. The van der Waals surface area contributed by atoms with Crippen molar-refractivity contribution in [1.82, 2.24) is 0 Å². The highest BCUT2D eigenvalue weighted by molar-refractivity contribution is 6.32. The Bertz CT molecular complexity index is 1400. The van der Waals surface area contributed by atoms with Gasteiger partial charge in [-0.1, -0.05) is 23.2 Å². The van der Waals surface area contributed by atoms with Gasteiger partial charge >= 0.3 is 11.6 Å². The average molecular weight is 411 g/mol. The molecule has 2 heterocycles. The van der Waals surface area contributed by atoms with Crippen molar-refractivity contribution in [2.24, 2.45) is 0 Å². The Hall–Kier alpha value is -3.38. The summed E-state index contributed by atoms with van der Waals surface area (Å²) < 4.78 is 16.0. The van der Waals surface area contributed by atoms with Crippen LogP contribution in [0.5, 0.6) is 0 Å². The van der Waals surface area contributed by atoms with Gasteiger partial charge in [0.1, 0.15) is 17.8 Å². The minimum atomic E-state index is -0.816. The predicted molar refractivity (Wildman–Crippen MR) is 109 cm³/mol. The Morgan fingerprint density at radius 3 is 2.55 bits per heavy atom. The van der Waals surface area contributed by atoms with Crippen molar-refractivity contribution in [1.29, 1.82) is 0 Å². The van der Waals surface area contributed by atoms with Crippen molar-refractivity contribution in [3.8, 4) is 0 Å². The molecule has 0 atom stereocenters. The molecule has 2 aromatic carbocycles. The molecule has 0 bridgehead atoms. The van der Waals surface area contributed by atoms with Gasteiger partial charge in [-0.3, -0.25) is 4.79 Å². The first-order valence-electron chi connectivity index (χ1n) is 8.76. The number of halogens is 1. The van der Waals surface area contributed by atoms with Gasteiger partial charge in [0, 0.05) is 28.1 Å². The first kappa shape index (κ1) is 19.0. The molecule has 2 aromatic heterocycles. The number of esters is 1. The first-order valence-corrected chi connectivity index (χ1v) is 9.14. The van der Waals surface area contributed by atoms with Gasteiger partial charge in [0.15, 0.2) is 5.43 Å². The molecule has 0 spiro atoms. The van der Waals surface area contributed by atoms with Gasteiger partial charge in [-0.25, -0.2) is 9.59 Å². The van der Waals surface area contributed by atoms with E-state index >= 15 is 0 Å². The van der Waals surface area contributed by atoms with E-state index in [9.17, 15) is 14.4 Å². The molecule has 0 aliphatic carbocycles. The molecule has 4 aromatic rings. The lowest BCUT2D eigenvalue weighted by atomic mass is 10.1. The molecule has 7 heteroatoms. The van der Waals surface area contributed by atoms with Crippen molar-refractivity contribution in [3.63, 3.8) is 0 Å². The van der Waals surface area contributed by atoms with E-state index in [1.165, 1.54) is 6.07 Å². The van der Waals surface area contributed by atoms with E-state index in [1.807, 2.05) is 6.92 Å². The van der Waals surface area contributed by atoms with Crippen LogP contribution in [0.3, 0.4) is 0 Å². The second kappa shape index (κ2) is 7.22. The fraction of sp³-hybridized carbons (Fsp3) is 0.136. The predicted octanol–water partition coefficient (Wildman–Crippen LogP) is 4.53. The zero-order valence-electron chi connectivity index (χ0n) is 15.6. The normalized spacial score (nSPS) is 11.1. The van der Waals surface area contributed by atoms with Crippen molar-refractivity contribution >= 4 is 39.5 Å². The number of ether oxygens (including phenoxy) is 1. The SMILES string of the molecule is Cc1ccc2oc(C(=O)OCc3cc(=O)oc4cc(C)c(Cl)cc34)cc(=O)c2c1. The van der Waals surface area contributed by atoms with E-state index in [-0.39, 0.29) is 17.8 Å². The van der Waals surface area contributed by atoms with Gasteiger partial charge in [0.05, 0.1) is 5.39 Å². The fourth-order valence-electron chi connectivity index (χ4n) is 3.05. The molecule has 0 unspecified atom stereocenters. The van der Waals surface area contributed by atoms with Crippen LogP contribution in [-0.4, -0.2) is 5.97 Å². The molecule has 0 aliphatic heterocycles. The third-order valence-corrected chi connectivity index (χ3v) is 4.96. The summed E-state index contributed by atoms with van der Waals surface area (Å²) in [5, 5.41) is 1.44. The number of hydrogen-bond donors (Lipinski definition) is 0. The zero-order chi connectivity index (χ0) is 20.7. The van der Waals surface area contributed by atoms with Crippen molar-refractivity contribution in [2.75, 3.05) is 0 Å². The van der Waals surface area contributed by atoms with Crippen LogP contribution in [0.25, 0.3) is 21.9 Å². The standard InChI is InChI=1S/C22H15ClO6/c1-11-3-4-18-15(5-11)17(24)9-20(28-18)22(26)27-10-13-7-21(25)29-19-6-12(2)16(23)8-14(13)19/h3-9H,10H2,1-2H3. The summed E-state index contributed by atoms with van der Waals surface area (Å²) in [6, 6.07) is 10.7. The number of hydrogen-bond acceptors (Lipinski definition) is 6. The molecule has 29 heavy (non-hydrogen) atoms. The molecule has 4 rings (SSSR count). The second-order valence-corrected chi connectivity index (χ2v) is 7.15. The Morgan fingerprint density at radius 1 is 0.966 bits per heavy atom. The number of rotatable bonds is 3. The molecule has 0 fully saturated rings. The maximum atomic E-state index is 12.4. The summed E-state index contributed by atoms with van der Waals surface area (Å²) >= 11 is 6.16. The van der Waals surface area contributed by atoms with E-state index in [0.717, 1.165) is 17.2 Å². The number of fused-ring (bicyclic) bond motifs is 2. The minimum Gasteiger partial charge on any atom is -0.455 e. The number of carbonyl (C=O) groups excluding carboxylic acids is 1. The van der Waals surface area contributed by atoms with Crippen LogP contribution in [0, 0.1) is 13.8 Å². The molecular weight excluding hydrogens is 396 g/mol. The largest absolute Gasteiger partial charge is 0.455 e. The van der Waals surface area contributed by atoms with Gasteiger partial charge < -0.3 is 13.6 Å². The van der Waals surface area contributed by atoms with E-state index in [2.05, 4.69) is 0 Å². The summed E-state index contributed by atoms with van der Waals surface area (Å²) in [4.78, 5) is 36.6. The lowest BCUT2D eigenvalue weighted by Crippen LogP contribution is -2.11. The molecule has 0 saturated carbocycles. The van der Waals surface area contributed by atoms with Crippen LogP contribution in [0.4, 0.5) is 0 Å². The van der Waals surface area contributed by atoms with E-state index in [0.29, 0.717) is 32.5 Å². The van der Waals surface area contributed by atoms with Crippen LogP contribution < -0.4 is 11.1 Å². The highest BCUT2D eigenvalue weighted by Crippen LogP contribution is 2.26. The third-order valence-electron chi connectivity index (χ3n) is 4.55. The quantitative estimate of drug-likeness (QED) is 0.364. The maximum Gasteiger partial charge on any atom is 0.374 e. The minimum absolute atomic E-state index is 0.212. The molecule has 0 N–H and O–H groups in total. The molecular formula is C22H15ClO6. The van der Waals surface area contributed by atoms with E-state index in [4.69, 9.17) is 25.2 Å². The zero-order valence-corrected chi connectivity index (χ0v) is 16.3. The van der Waals surface area contributed by atoms with E-state index < -0.39 is 11.6 Å². The number of aryl methyl sites for hydroxylation is 2. The molecule has 0 saturated heterocycles. The summed E-state index contributed by atoms with van der Waals surface area (Å²) in [5.41, 5.74) is 1.83. The smallest absolute Gasteiger partial charge is 0.374 e. The van der Waals surface area contributed by atoms with Gasteiger partial charge in [0.25, 0.3) is 0 Å². The van der Waals surface area contributed by atoms with E-state index in [1.54, 1.807) is 37.3 Å². The molecule has 0 radical (unpaired) electrons. The van der Waals surface area contributed by atoms with Crippen LogP contribution in [-0.2, 0) is 11.3 Å². The number of carbonyl (C=O) groups is 1. The van der Waals surface area contributed by atoms with Crippen LogP contribution in [0.2, 0.25) is 5.02 Å². The van der Waals surface area contributed by atoms with Crippen LogP contribution >= 0.6 is 11.6 Å². The van der Waals surface area contributed by atoms with Crippen LogP contribution in [0.1, 0.15) is 27.2 Å². The lowest BCUT2D eigenvalue weighted by molar-refractivity contribution is 0.0438. The molecule has 0 amide bonds. The van der Waals surface area contributed by atoms with Gasteiger partial charge in [-0.2, -0.15) is 0 Å². The maximum absolute atomic E-state index is 12.4. The Kier molecular flexibility index (Phi) is 4.72. The number of benzene rings is 2. The average Bonchev–Trinajstić information content (AvgIpc) is 2.67. The Morgan fingerprint density at radius 2 is 1.76 bits per heavy atom. The highest BCUT2D eigenvalue weighted by Gasteiger charge is 2.16. The fourth-order valence-corrected chi connectivity index (χ4v) is 3.22. The molecule has 6 nitrogen and oxygen atoms in total. The monoisotopic (exact) mass is 410 g/mol. The lowest BCUT2D eigenvalue weighted by Gasteiger charge is -2.09. The van der Waals surface area contributed by atoms with Crippen LogP contribution in [0.15, 0.2) is 60.9 Å². The second-order valence-electron chi connectivity index (χ2n) is 6.74. The highest BCUT2D eigenvalue weighted by atomic mass is 35.5. The summed E-state index contributed by atoms with van der Waals surface area (Å²) in [6.07, 6.45) is 0.